The molecule has 38 heavy (non-hydrogen) atoms. The third-order valence-electron chi connectivity index (χ3n) is 6.74. The van der Waals surface area contributed by atoms with Crippen LogP contribution in [0.15, 0.2) is 35.4 Å². The van der Waals surface area contributed by atoms with Crippen LogP contribution >= 0.6 is 11.8 Å². The van der Waals surface area contributed by atoms with Gasteiger partial charge >= 0.3 is 0 Å². The van der Waals surface area contributed by atoms with E-state index in [1.54, 1.807) is 11.8 Å². The minimum atomic E-state index is 0.0374. The molecule has 0 radical (unpaired) electrons. The lowest BCUT2D eigenvalue weighted by Crippen LogP contribution is -2.29. The summed E-state index contributed by atoms with van der Waals surface area (Å²) >= 11 is 1.58. The molecule has 1 heterocycles. The van der Waals surface area contributed by atoms with Crippen molar-refractivity contribution in [2.45, 2.75) is 103 Å². The van der Waals surface area contributed by atoms with E-state index in [0.717, 1.165) is 74.2 Å². The number of aromatic nitrogens is 2. The normalized spacial score (nSPS) is 11.0. The second-order valence-electron chi connectivity index (χ2n) is 10.1. The van der Waals surface area contributed by atoms with Gasteiger partial charge in [-0.2, -0.15) is 0 Å². The van der Waals surface area contributed by atoms with Crippen molar-refractivity contribution < 1.29 is 4.79 Å². The molecule has 0 saturated carbocycles. The summed E-state index contributed by atoms with van der Waals surface area (Å²) in [6.07, 6.45) is 14.0. The van der Waals surface area contributed by atoms with Gasteiger partial charge in [-0.05, 0) is 51.0 Å². The zero-order valence-corrected chi connectivity index (χ0v) is 25.4. The van der Waals surface area contributed by atoms with Crippen molar-refractivity contribution in [2.24, 2.45) is 0 Å². The first kappa shape index (κ1) is 31.9. The molecular formula is C31H51N5OS. The SMILES string of the molecule is CCCCCCN(CCCCCC)c1nc(C)nc(SC)c1NC(=O)CCCN(CCC)c1ccccc1. The topological polar surface area (TPSA) is 61.4 Å². The number of para-hydroxylation sites is 1. The van der Waals surface area contributed by atoms with Crippen LogP contribution in [0.3, 0.4) is 0 Å². The van der Waals surface area contributed by atoms with Crippen LogP contribution in [0.4, 0.5) is 17.2 Å². The maximum atomic E-state index is 13.2. The molecular weight excluding hydrogens is 490 g/mol. The van der Waals surface area contributed by atoms with E-state index in [4.69, 9.17) is 4.98 Å². The van der Waals surface area contributed by atoms with Crippen LogP contribution in [0.5, 0.6) is 0 Å². The maximum Gasteiger partial charge on any atom is 0.224 e. The van der Waals surface area contributed by atoms with Crippen LogP contribution in [-0.4, -0.2) is 48.3 Å². The Morgan fingerprint density at radius 2 is 1.42 bits per heavy atom. The second kappa shape index (κ2) is 18.9. The molecule has 212 valence electrons. The molecule has 0 aliphatic carbocycles. The lowest BCUT2D eigenvalue weighted by Gasteiger charge is -2.27. The summed E-state index contributed by atoms with van der Waals surface area (Å²) in [5.74, 6) is 1.68. The van der Waals surface area contributed by atoms with Gasteiger partial charge in [-0.25, -0.2) is 9.97 Å². The Morgan fingerprint density at radius 1 is 0.789 bits per heavy atom. The first-order valence-electron chi connectivity index (χ1n) is 14.8. The van der Waals surface area contributed by atoms with Crippen molar-refractivity contribution in [1.29, 1.82) is 0 Å². The van der Waals surface area contributed by atoms with E-state index >= 15 is 0 Å². The zero-order valence-electron chi connectivity index (χ0n) is 24.6. The number of benzene rings is 1. The van der Waals surface area contributed by atoms with Gasteiger partial charge in [-0.1, -0.05) is 77.5 Å². The largest absolute Gasteiger partial charge is 0.372 e. The monoisotopic (exact) mass is 541 g/mol. The van der Waals surface area contributed by atoms with Gasteiger partial charge < -0.3 is 15.1 Å². The fourth-order valence-electron chi connectivity index (χ4n) is 4.71. The summed E-state index contributed by atoms with van der Waals surface area (Å²) in [4.78, 5) is 27.5. The molecule has 2 aromatic rings. The Morgan fingerprint density at radius 3 is 2.00 bits per heavy atom. The molecule has 0 saturated heterocycles. The standard InChI is InChI=1S/C31H51N5OS/c1-6-9-11-16-23-36(24-17-12-10-7-2)30-29(31(38-5)33-26(4)32-30)34-28(37)21-18-25-35(22-8-3)27-19-14-13-15-20-27/h13-15,19-20H,6-12,16-18,21-25H2,1-5H3,(H,34,37). The first-order chi connectivity index (χ1) is 18.5. The van der Waals surface area contributed by atoms with Crippen LogP contribution in [0.25, 0.3) is 0 Å². The summed E-state index contributed by atoms with van der Waals surface area (Å²) in [6, 6.07) is 10.5. The number of hydrogen-bond acceptors (Lipinski definition) is 6. The van der Waals surface area contributed by atoms with Crippen LogP contribution in [0.2, 0.25) is 0 Å². The average Bonchev–Trinajstić information content (AvgIpc) is 2.93. The minimum absolute atomic E-state index is 0.0374. The number of aryl methyl sites for hydroxylation is 1. The fourth-order valence-corrected chi connectivity index (χ4v) is 5.28. The number of carbonyl (C=O) groups excluding carboxylic acids is 1. The van der Waals surface area contributed by atoms with E-state index in [1.807, 2.05) is 19.2 Å². The number of hydrogen-bond donors (Lipinski definition) is 1. The summed E-state index contributed by atoms with van der Waals surface area (Å²) in [5.41, 5.74) is 2.00. The van der Waals surface area contributed by atoms with E-state index in [2.05, 4.69) is 65.1 Å². The number of thioether (sulfide) groups is 1. The van der Waals surface area contributed by atoms with Gasteiger partial charge in [0.05, 0.1) is 0 Å². The molecule has 0 fully saturated rings. The summed E-state index contributed by atoms with van der Waals surface area (Å²) in [5, 5.41) is 4.09. The highest BCUT2D eigenvalue weighted by Crippen LogP contribution is 2.33. The summed E-state index contributed by atoms with van der Waals surface area (Å²) in [6.45, 7) is 12.4. The Balaban J connectivity index is 2.14. The van der Waals surface area contributed by atoms with E-state index in [1.165, 1.54) is 44.2 Å². The van der Waals surface area contributed by atoms with Gasteiger partial charge in [0.25, 0.3) is 0 Å². The highest BCUT2D eigenvalue weighted by Gasteiger charge is 2.20. The quantitative estimate of drug-likeness (QED) is 0.104. The van der Waals surface area contributed by atoms with Gasteiger partial charge in [0.2, 0.25) is 5.91 Å². The Hall–Kier alpha value is -2.28. The molecule has 1 aromatic carbocycles. The predicted octanol–water partition coefficient (Wildman–Crippen LogP) is 8.11. The van der Waals surface area contributed by atoms with Crippen molar-refractivity contribution in [3.05, 3.63) is 36.2 Å². The Bertz CT molecular complexity index is 912. The molecule has 6 nitrogen and oxygen atoms in total. The van der Waals surface area contributed by atoms with Crippen LogP contribution in [0, 0.1) is 6.92 Å². The second-order valence-corrected chi connectivity index (χ2v) is 10.9. The lowest BCUT2D eigenvalue weighted by molar-refractivity contribution is -0.116. The Kier molecular flexibility index (Phi) is 15.9. The molecule has 0 atom stereocenters. The molecule has 0 spiro atoms. The molecule has 7 heteroatoms. The predicted molar refractivity (Wildman–Crippen MR) is 166 cm³/mol. The highest BCUT2D eigenvalue weighted by atomic mass is 32.2. The number of carbonyl (C=O) groups is 1. The Labute approximate surface area is 236 Å². The molecule has 1 aromatic heterocycles. The third-order valence-corrected chi connectivity index (χ3v) is 7.42. The molecule has 0 aliphatic rings. The number of nitrogens with zero attached hydrogens (tertiary/aromatic N) is 4. The maximum absolute atomic E-state index is 13.2. The number of rotatable bonds is 20. The average molecular weight is 542 g/mol. The third kappa shape index (κ3) is 11.2. The first-order valence-corrected chi connectivity index (χ1v) is 16.0. The summed E-state index contributed by atoms with van der Waals surface area (Å²) in [7, 11) is 0. The minimum Gasteiger partial charge on any atom is -0.372 e. The number of anilines is 3. The van der Waals surface area contributed by atoms with Crippen LogP contribution in [-0.2, 0) is 4.79 Å². The lowest BCUT2D eigenvalue weighted by atomic mass is 10.1. The van der Waals surface area contributed by atoms with Crippen molar-refractivity contribution in [3.63, 3.8) is 0 Å². The van der Waals surface area contributed by atoms with E-state index in [9.17, 15) is 4.79 Å². The van der Waals surface area contributed by atoms with Gasteiger partial charge in [0.1, 0.15) is 16.5 Å². The molecule has 2 rings (SSSR count). The highest BCUT2D eigenvalue weighted by molar-refractivity contribution is 7.98. The molecule has 0 bridgehead atoms. The smallest absolute Gasteiger partial charge is 0.224 e. The van der Waals surface area contributed by atoms with Gasteiger partial charge in [-0.3, -0.25) is 4.79 Å². The van der Waals surface area contributed by atoms with Crippen molar-refractivity contribution >= 4 is 34.9 Å². The number of amides is 1. The fraction of sp³-hybridized carbons (Fsp3) is 0.645. The van der Waals surface area contributed by atoms with Gasteiger partial charge in [-0.15, -0.1) is 11.8 Å². The molecule has 0 aliphatic heterocycles. The van der Waals surface area contributed by atoms with Gasteiger partial charge in [0, 0.05) is 38.3 Å². The zero-order chi connectivity index (χ0) is 27.6. The van der Waals surface area contributed by atoms with E-state index in [0.29, 0.717) is 6.42 Å². The van der Waals surface area contributed by atoms with Crippen molar-refractivity contribution in [3.8, 4) is 0 Å². The number of unbranched alkanes of at least 4 members (excludes halogenated alkanes) is 6. The number of nitrogens with one attached hydrogen (secondary N) is 1. The van der Waals surface area contributed by atoms with Crippen molar-refractivity contribution in [1.82, 2.24) is 9.97 Å². The van der Waals surface area contributed by atoms with Gasteiger partial charge in [0.15, 0.2) is 5.82 Å². The molecule has 1 amide bonds. The van der Waals surface area contributed by atoms with Crippen molar-refractivity contribution in [2.75, 3.05) is 47.6 Å². The van der Waals surface area contributed by atoms with Crippen LogP contribution < -0.4 is 15.1 Å². The summed E-state index contributed by atoms with van der Waals surface area (Å²) < 4.78 is 0. The van der Waals surface area contributed by atoms with E-state index in [-0.39, 0.29) is 5.91 Å². The molecule has 1 N–H and O–H groups in total. The van der Waals surface area contributed by atoms with Crippen LogP contribution in [0.1, 0.15) is 97.2 Å². The molecule has 0 unspecified atom stereocenters. The van der Waals surface area contributed by atoms with E-state index < -0.39 is 0 Å².